The van der Waals surface area contributed by atoms with Crippen molar-refractivity contribution in [3.8, 4) is 0 Å². The van der Waals surface area contributed by atoms with E-state index in [-0.39, 0.29) is 58.4 Å². The van der Waals surface area contributed by atoms with Crippen molar-refractivity contribution in [1.82, 2.24) is 13.9 Å². The molecule has 1 fully saturated rings. The number of nitrogens with one attached hydrogen (secondary N) is 1. The molecule has 5 rings (SSSR count). The zero-order valence-electron chi connectivity index (χ0n) is 22.4. The third-order valence-corrected chi connectivity index (χ3v) is 11.8. The van der Waals surface area contributed by atoms with Crippen LogP contribution in [0.2, 0.25) is 10.0 Å². The number of benzene rings is 4. The predicted octanol–water partition coefficient (Wildman–Crippen LogP) is 5.84. The quantitative estimate of drug-likeness (QED) is 0.230. The molecule has 1 heterocycles. The van der Waals surface area contributed by atoms with E-state index in [4.69, 9.17) is 23.2 Å². The summed E-state index contributed by atoms with van der Waals surface area (Å²) < 4.78 is 59.8. The average Bonchev–Trinajstić information content (AvgIpc) is 3.44. The lowest BCUT2D eigenvalue weighted by Gasteiger charge is -2.37. The van der Waals surface area contributed by atoms with Crippen LogP contribution in [0.1, 0.15) is 11.1 Å². The number of hydrogen-bond acceptors (Lipinski definition) is 5. The number of halogens is 3. The van der Waals surface area contributed by atoms with Crippen LogP contribution in [0.3, 0.4) is 0 Å². The average molecular weight is 667 g/mol. The van der Waals surface area contributed by atoms with Crippen LogP contribution in [-0.2, 0) is 33.1 Å². The summed E-state index contributed by atoms with van der Waals surface area (Å²) in [5, 5.41) is 3.44. The molecular weight excluding hydrogens is 637 g/mol. The molecule has 1 N–H and O–H groups in total. The van der Waals surface area contributed by atoms with Crippen LogP contribution in [0.15, 0.2) is 119 Å². The van der Waals surface area contributed by atoms with Gasteiger partial charge in [0.15, 0.2) is 0 Å². The molecule has 42 heavy (non-hydrogen) atoms. The SMILES string of the molecule is Cl.O=S(=O)(c1ccccc1Cl)N(Cc1ccccc1)[C@H]1CNC[C@@H]1N(Cc1ccccc1)S(=O)(=O)c1ccccc1Cl. The van der Waals surface area contributed by atoms with Crippen molar-refractivity contribution < 1.29 is 16.8 Å². The lowest BCUT2D eigenvalue weighted by atomic mass is 10.1. The minimum Gasteiger partial charge on any atom is -0.313 e. The standard InChI is InChI=1S/C30H29Cl2N3O4S2.ClH/c31-25-15-7-9-17-29(25)40(36,37)34(21-23-11-3-1-4-12-23)27-19-33-20-28(27)35(22-24-13-5-2-6-14-24)41(38,39)30-18-10-8-16-26(30)32;/h1-18,27-28,33H,19-22H2;1H/t27-,28-;/m0./s1. The van der Waals surface area contributed by atoms with Gasteiger partial charge in [-0.05, 0) is 35.4 Å². The van der Waals surface area contributed by atoms with Crippen LogP contribution in [0.5, 0.6) is 0 Å². The minimum atomic E-state index is -4.16. The summed E-state index contributed by atoms with van der Waals surface area (Å²) >= 11 is 12.8. The van der Waals surface area contributed by atoms with E-state index in [1.54, 1.807) is 24.3 Å². The number of rotatable bonds is 10. The minimum absolute atomic E-state index is 0. The summed E-state index contributed by atoms with van der Waals surface area (Å²) in [7, 11) is -8.31. The number of hydrogen-bond donors (Lipinski definition) is 1. The molecule has 0 unspecified atom stereocenters. The number of sulfonamides is 2. The van der Waals surface area contributed by atoms with Crippen molar-refractivity contribution in [3.63, 3.8) is 0 Å². The predicted molar refractivity (Wildman–Crippen MR) is 169 cm³/mol. The van der Waals surface area contributed by atoms with Crippen LogP contribution in [0.25, 0.3) is 0 Å². The fourth-order valence-electron chi connectivity index (χ4n) is 5.09. The summed E-state index contributed by atoms with van der Waals surface area (Å²) in [5.41, 5.74) is 1.52. The second-order valence-electron chi connectivity index (χ2n) is 9.73. The van der Waals surface area contributed by atoms with E-state index in [9.17, 15) is 16.8 Å². The van der Waals surface area contributed by atoms with Gasteiger partial charge in [0.1, 0.15) is 9.79 Å². The Morgan fingerprint density at radius 2 is 0.905 bits per heavy atom. The highest BCUT2D eigenvalue weighted by Crippen LogP contribution is 2.33. The first-order valence-corrected chi connectivity index (χ1v) is 16.6. The molecule has 0 aliphatic carbocycles. The van der Waals surface area contributed by atoms with Crippen molar-refractivity contribution in [2.75, 3.05) is 13.1 Å². The van der Waals surface area contributed by atoms with Gasteiger partial charge in [-0.15, -0.1) is 12.4 Å². The van der Waals surface area contributed by atoms with Crippen LogP contribution in [-0.4, -0.2) is 50.6 Å². The number of nitrogens with zero attached hydrogens (tertiary/aromatic N) is 2. The maximum Gasteiger partial charge on any atom is 0.245 e. The molecule has 0 aromatic heterocycles. The smallest absolute Gasteiger partial charge is 0.245 e. The maximum absolute atomic E-state index is 14.3. The Hall–Kier alpha value is -2.47. The van der Waals surface area contributed by atoms with E-state index >= 15 is 0 Å². The molecule has 222 valence electrons. The van der Waals surface area contributed by atoms with Gasteiger partial charge in [0.2, 0.25) is 20.0 Å². The van der Waals surface area contributed by atoms with Gasteiger partial charge in [0.25, 0.3) is 0 Å². The van der Waals surface area contributed by atoms with Crippen LogP contribution >= 0.6 is 35.6 Å². The third kappa shape index (κ3) is 6.85. The Morgan fingerprint density at radius 1 is 0.571 bits per heavy atom. The second kappa shape index (κ2) is 13.9. The molecule has 4 aromatic rings. The van der Waals surface area contributed by atoms with Gasteiger partial charge in [-0.25, -0.2) is 16.8 Å². The van der Waals surface area contributed by atoms with E-state index in [0.29, 0.717) is 0 Å². The monoisotopic (exact) mass is 665 g/mol. The molecule has 1 aliphatic rings. The molecule has 1 saturated heterocycles. The van der Waals surface area contributed by atoms with Crippen LogP contribution in [0.4, 0.5) is 0 Å². The van der Waals surface area contributed by atoms with Crippen molar-refractivity contribution in [1.29, 1.82) is 0 Å². The normalized spacial score (nSPS) is 17.3. The summed E-state index contributed by atoms with van der Waals surface area (Å²) in [6.07, 6.45) is 0. The topological polar surface area (TPSA) is 86.8 Å². The van der Waals surface area contributed by atoms with Gasteiger partial charge in [0, 0.05) is 26.2 Å². The van der Waals surface area contributed by atoms with Crippen molar-refractivity contribution in [3.05, 3.63) is 130 Å². The van der Waals surface area contributed by atoms with E-state index in [1.165, 1.54) is 32.9 Å². The van der Waals surface area contributed by atoms with Gasteiger partial charge >= 0.3 is 0 Å². The molecule has 12 heteroatoms. The molecule has 0 bridgehead atoms. The van der Waals surface area contributed by atoms with Crippen LogP contribution in [0, 0.1) is 0 Å². The summed E-state index contributed by atoms with van der Waals surface area (Å²) in [6.45, 7) is 0.542. The maximum atomic E-state index is 14.3. The molecule has 0 amide bonds. The van der Waals surface area contributed by atoms with Gasteiger partial charge in [-0.3, -0.25) is 0 Å². The van der Waals surface area contributed by atoms with E-state index in [2.05, 4.69) is 5.32 Å². The summed E-state index contributed by atoms with van der Waals surface area (Å²) in [4.78, 5) is -0.0707. The third-order valence-electron chi connectivity index (χ3n) is 7.10. The lowest BCUT2D eigenvalue weighted by Crippen LogP contribution is -2.54. The molecular formula is C30H30Cl3N3O4S2. The Labute approximate surface area is 263 Å². The molecule has 2 atom stereocenters. The fourth-order valence-corrected chi connectivity index (χ4v) is 9.36. The molecule has 0 saturated carbocycles. The van der Waals surface area contributed by atoms with E-state index in [1.807, 2.05) is 60.7 Å². The first-order chi connectivity index (χ1) is 19.7. The van der Waals surface area contributed by atoms with Gasteiger partial charge in [-0.2, -0.15) is 8.61 Å². The first-order valence-electron chi connectivity index (χ1n) is 13.0. The largest absolute Gasteiger partial charge is 0.313 e. The molecule has 7 nitrogen and oxygen atoms in total. The van der Waals surface area contributed by atoms with Crippen molar-refractivity contribution in [2.45, 2.75) is 35.0 Å². The molecule has 0 spiro atoms. The zero-order chi connectivity index (χ0) is 29.0. The van der Waals surface area contributed by atoms with Crippen LogP contribution < -0.4 is 5.32 Å². The highest BCUT2D eigenvalue weighted by atomic mass is 35.5. The Bertz CT molecular complexity index is 1580. The van der Waals surface area contributed by atoms with Gasteiger partial charge in [0.05, 0.1) is 22.1 Å². The Morgan fingerprint density at radius 3 is 1.26 bits per heavy atom. The summed E-state index contributed by atoms with van der Waals surface area (Å²) in [5.74, 6) is 0. The second-order valence-corrected chi connectivity index (χ2v) is 14.3. The Balaban J connectivity index is 0.00000405. The molecule has 0 radical (unpaired) electrons. The van der Waals surface area contributed by atoms with E-state index < -0.39 is 32.1 Å². The van der Waals surface area contributed by atoms with Crippen molar-refractivity contribution >= 4 is 55.7 Å². The zero-order valence-corrected chi connectivity index (χ0v) is 26.3. The molecule has 1 aliphatic heterocycles. The fraction of sp³-hybridized carbons (Fsp3) is 0.200. The highest BCUT2D eigenvalue weighted by molar-refractivity contribution is 7.89. The van der Waals surface area contributed by atoms with E-state index in [0.717, 1.165) is 11.1 Å². The Kier molecular flexibility index (Phi) is 10.7. The van der Waals surface area contributed by atoms with Gasteiger partial charge in [-0.1, -0.05) is 108 Å². The first kappa shape index (κ1) is 32.4. The van der Waals surface area contributed by atoms with Crippen molar-refractivity contribution in [2.24, 2.45) is 0 Å². The van der Waals surface area contributed by atoms with Gasteiger partial charge < -0.3 is 5.32 Å². The highest BCUT2D eigenvalue weighted by Gasteiger charge is 2.46. The molecule has 4 aromatic carbocycles. The lowest BCUT2D eigenvalue weighted by molar-refractivity contribution is 0.219. The summed E-state index contributed by atoms with van der Waals surface area (Å²) in [6, 6.07) is 29.5.